The van der Waals surface area contributed by atoms with Gasteiger partial charge in [0.15, 0.2) is 0 Å². The molecule has 2 aromatic rings. The number of benzene rings is 1. The maximum absolute atomic E-state index is 11.5. The molecule has 0 aliphatic carbocycles. The molecular formula is C16H18N6O6. The van der Waals surface area contributed by atoms with Crippen LogP contribution in [0.4, 0.5) is 28.8 Å². The summed E-state index contributed by atoms with van der Waals surface area (Å²) in [4.78, 5) is 32.1. The first-order valence-electron chi connectivity index (χ1n) is 8.36. The minimum atomic E-state index is -0.615. The molecule has 148 valence electrons. The molecule has 0 radical (unpaired) electrons. The van der Waals surface area contributed by atoms with Crippen LogP contribution >= 0.6 is 0 Å². The van der Waals surface area contributed by atoms with Crippen LogP contribution < -0.4 is 15.0 Å². The summed E-state index contributed by atoms with van der Waals surface area (Å²) >= 11 is 0. The summed E-state index contributed by atoms with van der Waals surface area (Å²) in [6, 6.07) is 4.15. The summed E-state index contributed by atoms with van der Waals surface area (Å²) in [6.45, 7) is 3.56. The Morgan fingerprint density at radius 2 is 1.89 bits per heavy atom. The summed E-state index contributed by atoms with van der Waals surface area (Å²) in [7, 11) is 1.39. The van der Waals surface area contributed by atoms with Crippen LogP contribution in [0.1, 0.15) is 5.69 Å². The Balaban J connectivity index is 2.06. The van der Waals surface area contributed by atoms with Crippen molar-refractivity contribution < 1.29 is 19.3 Å². The maximum Gasteiger partial charge on any atom is 0.332 e. The minimum Gasteiger partial charge on any atom is -0.496 e. The third-order valence-corrected chi connectivity index (χ3v) is 4.18. The molecule has 12 nitrogen and oxygen atoms in total. The van der Waals surface area contributed by atoms with Gasteiger partial charge in [-0.1, -0.05) is 0 Å². The zero-order valence-electron chi connectivity index (χ0n) is 15.2. The van der Waals surface area contributed by atoms with Gasteiger partial charge in [0, 0.05) is 13.1 Å². The third kappa shape index (κ3) is 3.91. The minimum absolute atomic E-state index is 0.0555. The zero-order valence-corrected chi connectivity index (χ0v) is 15.2. The van der Waals surface area contributed by atoms with Crippen molar-refractivity contribution in [3.8, 4) is 5.75 Å². The number of nitro benzene ring substituents is 1. The van der Waals surface area contributed by atoms with E-state index in [1.54, 1.807) is 0 Å². The van der Waals surface area contributed by atoms with Crippen molar-refractivity contribution in [1.82, 2.24) is 9.97 Å². The molecule has 0 unspecified atom stereocenters. The standard InChI is InChI=1S/C16H18N6O6/c1-10-14(22(25)26)15(19-16(17-10)20-5-7-28-8-6-20)18-12-4-3-11(27-2)9-13(12)21(23)24/h3-4,9H,5-8H2,1-2H3,(H,17,18,19). The zero-order chi connectivity index (χ0) is 20.3. The largest absolute Gasteiger partial charge is 0.496 e. The average molecular weight is 390 g/mol. The molecular weight excluding hydrogens is 372 g/mol. The van der Waals surface area contributed by atoms with Crippen molar-refractivity contribution in [1.29, 1.82) is 0 Å². The Labute approximate surface area is 159 Å². The summed E-state index contributed by atoms with van der Waals surface area (Å²) in [5.41, 5.74) is -0.431. The molecule has 1 aliphatic rings. The molecule has 0 amide bonds. The number of aryl methyl sites for hydroxylation is 1. The van der Waals surface area contributed by atoms with Crippen LogP contribution in [-0.2, 0) is 4.74 Å². The van der Waals surface area contributed by atoms with E-state index in [9.17, 15) is 20.2 Å². The Kier molecular flexibility index (Phi) is 5.49. The van der Waals surface area contributed by atoms with E-state index in [-0.39, 0.29) is 28.6 Å². The molecule has 0 saturated carbocycles. The fraction of sp³-hybridized carbons (Fsp3) is 0.375. The molecule has 1 N–H and O–H groups in total. The van der Waals surface area contributed by atoms with Gasteiger partial charge in [0.1, 0.15) is 17.1 Å². The Bertz CT molecular complexity index is 915. The molecule has 1 fully saturated rings. The van der Waals surface area contributed by atoms with Gasteiger partial charge >= 0.3 is 5.69 Å². The van der Waals surface area contributed by atoms with Crippen LogP contribution in [0.2, 0.25) is 0 Å². The summed E-state index contributed by atoms with van der Waals surface area (Å²) < 4.78 is 10.3. The molecule has 0 bridgehead atoms. The van der Waals surface area contributed by atoms with Gasteiger partial charge in [-0.15, -0.1) is 0 Å². The van der Waals surface area contributed by atoms with E-state index < -0.39 is 9.85 Å². The second kappa shape index (κ2) is 8.00. The first kappa shape index (κ1) is 19.2. The van der Waals surface area contributed by atoms with Gasteiger partial charge < -0.3 is 19.7 Å². The first-order chi connectivity index (χ1) is 13.4. The highest BCUT2D eigenvalue weighted by Gasteiger charge is 2.27. The molecule has 2 heterocycles. The van der Waals surface area contributed by atoms with Gasteiger partial charge in [-0.25, -0.2) is 4.98 Å². The van der Waals surface area contributed by atoms with Gasteiger partial charge in [0.2, 0.25) is 11.8 Å². The van der Waals surface area contributed by atoms with E-state index in [2.05, 4.69) is 15.3 Å². The molecule has 1 saturated heterocycles. The van der Waals surface area contributed by atoms with E-state index in [0.29, 0.717) is 38.0 Å². The molecule has 1 aromatic heterocycles. The van der Waals surface area contributed by atoms with E-state index in [4.69, 9.17) is 9.47 Å². The highest BCUT2D eigenvalue weighted by Crippen LogP contribution is 2.35. The molecule has 1 aromatic carbocycles. The summed E-state index contributed by atoms with van der Waals surface area (Å²) in [6.07, 6.45) is 0. The lowest BCUT2D eigenvalue weighted by Gasteiger charge is -2.27. The normalized spacial score (nSPS) is 13.9. The number of hydrogen-bond donors (Lipinski definition) is 1. The van der Waals surface area contributed by atoms with Gasteiger partial charge in [-0.3, -0.25) is 20.2 Å². The van der Waals surface area contributed by atoms with Crippen molar-refractivity contribution in [2.24, 2.45) is 0 Å². The molecule has 0 atom stereocenters. The molecule has 1 aliphatic heterocycles. The number of methoxy groups -OCH3 is 1. The molecule has 0 spiro atoms. The predicted molar refractivity (Wildman–Crippen MR) is 99.4 cm³/mol. The lowest BCUT2D eigenvalue weighted by molar-refractivity contribution is -0.385. The Morgan fingerprint density at radius 1 is 1.18 bits per heavy atom. The van der Waals surface area contributed by atoms with Gasteiger partial charge in [-0.2, -0.15) is 4.98 Å². The van der Waals surface area contributed by atoms with Crippen molar-refractivity contribution in [2.45, 2.75) is 6.92 Å². The third-order valence-electron chi connectivity index (χ3n) is 4.18. The van der Waals surface area contributed by atoms with Gasteiger partial charge in [0.05, 0.1) is 36.2 Å². The van der Waals surface area contributed by atoms with Crippen molar-refractivity contribution >= 4 is 28.8 Å². The van der Waals surface area contributed by atoms with Crippen LogP contribution in [0.5, 0.6) is 5.75 Å². The lowest BCUT2D eigenvalue weighted by atomic mass is 10.2. The maximum atomic E-state index is 11.5. The number of nitro groups is 2. The lowest BCUT2D eigenvalue weighted by Crippen LogP contribution is -2.37. The van der Waals surface area contributed by atoms with E-state index >= 15 is 0 Å². The quantitative estimate of drug-likeness (QED) is 0.575. The van der Waals surface area contributed by atoms with Crippen LogP contribution in [0.25, 0.3) is 0 Å². The Morgan fingerprint density at radius 3 is 2.50 bits per heavy atom. The molecule has 28 heavy (non-hydrogen) atoms. The van der Waals surface area contributed by atoms with Crippen LogP contribution in [0.15, 0.2) is 18.2 Å². The number of ether oxygens (including phenoxy) is 2. The van der Waals surface area contributed by atoms with Crippen molar-refractivity contribution in [3.63, 3.8) is 0 Å². The fourth-order valence-electron chi connectivity index (χ4n) is 2.79. The monoisotopic (exact) mass is 390 g/mol. The Hall–Kier alpha value is -3.54. The number of anilines is 3. The van der Waals surface area contributed by atoms with E-state index in [1.807, 2.05) is 4.90 Å². The van der Waals surface area contributed by atoms with Crippen LogP contribution in [-0.4, -0.2) is 53.2 Å². The van der Waals surface area contributed by atoms with Crippen LogP contribution in [0, 0.1) is 27.2 Å². The molecule has 12 heteroatoms. The second-order valence-electron chi connectivity index (χ2n) is 5.93. The summed E-state index contributed by atoms with van der Waals surface area (Å²) in [5, 5.41) is 25.7. The highest BCUT2D eigenvalue weighted by atomic mass is 16.6. The highest BCUT2D eigenvalue weighted by molar-refractivity contribution is 5.74. The van der Waals surface area contributed by atoms with Gasteiger partial charge in [-0.05, 0) is 19.1 Å². The number of nitrogens with zero attached hydrogens (tertiary/aromatic N) is 5. The number of morpholine rings is 1. The number of hydrogen-bond acceptors (Lipinski definition) is 10. The number of nitrogens with one attached hydrogen (secondary N) is 1. The van der Waals surface area contributed by atoms with Crippen molar-refractivity contribution in [2.75, 3.05) is 43.6 Å². The van der Waals surface area contributed by atoms with E-state index in [0.717, 1.165) is 0 Å². The topological polar surface area (TPSA) is 146 Å². The average Bonchev–Trinajstić information content (AvgIpc) is 2.68. The van der Waals surface area contributed by atoms with Crippen LogP contribution in [0.3, 0.4) is 0 Å². The molecule has 3 rings (SSSR count). The predicted octanol–water partition coefficient (Wildman–Crippen LogP) is 2.19. The SMILES string of the molecule is COc1ccc(Nc2nc(N3CCOCC3)nc(C)c2[N+](=O)[O-])c([N+](=O)[O-])c1. The number of rotatable bonds is 6. The number of aromatic nitrogens is 2. The van der Waals surface area contributed by atoms with Gasteiger partial charge in [0.25, 0.3) is 5.69 Å². The first-order valence-corrected chi connectivity index (χ1v) is 8.36. The second-order valence-corrected chi connectivity index (χ2v) is 5.93. The smallest absolute Gasteiger partial charge is 0.332 e. The van der Waals surface area contributed by atoms with Crippen molar-refractivity contribution in [3.05, 3.63) is 44.1 Å². The van der Waals surface area contributed by atoms with E-state index in [1.165, 1.54) is 32.2 Å². The summed E-state index contributed by atoms with van der Waals surface area (Å²) in [5.74, 6) is 0.469. The fourth-order valence-corrected chi connectivity index (χ4v) is 2.79.